The molecule has 7 heteroatoms. The summed E-state index contributed by atoms with van der Waals surface area (Å²) in [6.07, 6.45) is -4.29. The fourth-order valence-electron chi connectivity index (χ4n) is 2.97. The van der Waals surface area contributed by atoms with Crippen molar-refractivity contribution < 1.29 is 32.1 Å². The SMILES string of the molecule is CC(c1ccc(OCC2CO2)cc1)(c1ccc(OCC2CO2)cc1)C(F)(F)F. The molecule has 2 unspecified atom stereocenters. The number of benzene rings is 2. The highest BCUT2D eigenvalue weighted by molar-refractivity contribution is 5.44. The minimum absolute atomic E-state index is 0.0901. The molecule has 28 heavy (non-hydrogen) atoms. The summed E-state index contributed by atoms with van der Waals surface area (Å²) in [6, 6.07) is 12.1. The molecule has 0 radical (unpaired) electrons. The maximum Gasteiger partial charge on any atom is 0.402 e. The van der Waals surface area contributed by atoms with E-state index in [-0.39, 0.29) is 23.3 Å². The van der Waals surface area contributed by atoms with E-state index < -0.39 is 11.6 Å². The maximum absolute atomic E-state index is 14.1. The Morgan fingerprint density at radius 2 is 1.14 bits per heavy atom. The molecule has 2 aliphatic heterocycles. The quantitative estimate of drug-likeness (QED) is 0.632. The molecule has 2 aromatic carbocycles. The second-order valence-electron chi connectivity index (χ2n) is 7.20. The van der Waals surface area contributed by atoms with E-state index in [0.29, 0.717) is 37.9 Å². The maximum atomic E-state index is 14.1. The fraction of sp³-hybridized carbons (Fsp3) is 0.429. The summed E-state index contributed by atoms with van der Waals surface area (Å²) in [5.41, 5.74) is -1.85. The molecule has 4 rings (SSSR count). The predicted molar refractivity (Wildman–Crippen MR) is 95.9 cm³/mol. The predicted octanol–water partition coefficient (Wildman–Crippen LogP) is 4.11. The number of epoxide rings is 2. The van der Waals surface area contributed by atoms with Gasteiger partial charge in [-0.2, -0.15) is 13.2 Å². The van der Waals surface area contributed by atoms with Crippen molar-refractivity contribution >= 4 is 0 Å². The van der Waals surface area contributed by atoms with Gasteiger partial charge in [-0.05, 0) is 42.3 Å². The van der Waals surface area contributed by atoms with Crippen molar-refractivity contribution in [2.45, 2.75) is 30.7 Å². The minimum Gasteiger partial charge on any atom is -0.491 e. The van der Waals surface area contributed by atoms with Gasteiger partial charge in [0, 0.05) is 0 Å². The number of hydrogen-bond acceptors (Lipinski definition) is 4. The van der Waals surface area contributed by atoms with Gasteiger partial charge in [0.05, 0.1) is 13.2 Å². The number of ether oxygens (including phenoxy) is 4. The Hall–Kier alpha value is -2.25. The molecule has 0 N–H and O–H groups in total. The monoisotopic (exact) mass is 394 g/mol. The van der Waals surface area contributed by atoms with Crippen molar-refractivity contribution in [2.24, 2.45) is 0 Å². The highest BCUT2D eigenvalue weighted by Crippen LogP contribution is 2.46. The van der Waals surface area contributed by atoms with Crippen LogP contribution in [0.2, 0.25) is 0 Å². The molecule has 0 bridgehead atoms. The smallest absolute Gasteiger partial charge is 0.402 e. The van der Waals surface area contributed by atoms with Gasteiger partial charge in [0.1, 0.15) is 42.3 Å². The summed E-state index contributed by atoms with van der Waals surface area (Å²) in [4.78, 5) is 0. The number of halogens is 3. The van der Waals surface area contributed by atoms with Crippen molar-refractivity contribution in [3.63, 3.8) is 0 Å². The van der Waals surface area contributed by atoms with Crippen molar-refractivity contribution in [3.8, 4) is 11.5 Å². The van der Waals surface area contributed by atoms with Gasteiger partial charge in [0.25, 0.3) is 0 Å². The third-order valence-corrected chi connectivity index (χ3v) is 5.11. The van der Waals surface area contributed by atoms with Gasteiger partial charge in [-0.1, -0.05) is 24.3 Å². The zero-order chi connectivity index (χ0) is 19.8. The van der Waals surface area contributed by atoms with Crippen LogP contribution in [-0.2, 0) is 14.9 Å². The zero-order valence-electron chi connectivity index (χ0n) is 15.4. The average Bonchev–Trinajstić information content (AvgIpc) is 3.59. The Labute approximate surface area is 161 Å². The van der Waals surface area contributed by atoms with Crippen LogP contribution in [0.4, 0.5) is 13.2 Å². The molecule has 2 heterocycles. The Morgan fingerprint density at radius 1 is 0.786 bits per heavy atom. The van der Waals surface area contributed by atoms with Crippen LogP contribution in [-0.4, -0.2) is 44.8 Å². The fourth-order valence-corrected chi connectivity index (χ4v) is 2.97. The van der Waals surface area contributed by atoms with Crippen LogP contribution in [0.1, 0.15) is 18.1 Å². The number of alkyl halides is 3. The molecule has 2 aromatic rings. The van der Waals surface area contributed by atoms with E-state index in [4.69, 9.17) is 18.9 Å². The van der Waals surface area contributed by atoms with Crippen molar-refractivity contribution in [1.29, 1.82) is 0 Å². The molecular weight excluding hydrogens is 373 g/mol. The highest BCUT2D eigenvalue weighted by Gasteiger charge is 2.53. The van der Waals surface area contributed by atoms with Crippen molar-refractivity contribution in [2.75, 3.05) is 26.4 Å². The summed E-state index contributed by atoms with van der Waals surface area (Å²) in [5.74, 6) is 1.05. The molecular formula is C21H21F3O4. The lowest BCUT2D eigenvalue weighted by atomic mass is 9.75. The molecule has 0 saturated carbocycles. The summed E-state index contributed by atoms with van der Waals surface area (Å²) in [5, 5.41) is 0. The molecule has 2 aliphatic rings. The first-order chi connectivity index (χ1) is 13.4. The number of hydrogen-bond donors (Lipinski definition) is 0. The first kappa shape index (κ1) is 19.1. The van der Waals surface area contributed by atoms with Gasteiger partial charge in [0.15, 0.2) is 0 Å². The van der Waals surface area contributed by atoms with Crippen molar-refractivity contribution in [3.05, 3.63) is 59.7 Å². The molecule has 2 atom stereocenters. The topological polar surface area (TPSA) is 43.5 Å². The lowest BCUT2D eigenvalue weighted by Gasteiger charge is -2.33. The second-order valence-corrected chi connectivity index (χ2v) is 7.20. The summed E-state index contributed by atoms with van der Waals surface area (Å²) in [7, 11) is 0. The molecule has 0 spiro atoms. The van der Waals surface area contributed by atoms with E-state index in [9.17, 15) is 13.2 Å². The van der Waals surface area contributed by atoms with Crippen LogP contribution in [0, 0.1) is 0 Å². The molecule has 2 saturated heterocycles. The first-order valence-electron chi connectivity index (χ1n) is 9.13. The first-order valence-corrected chi connectivity index (χ1v) is 9.13. The van der Waals surface area contributed by atoms with E-state index in [1.807, 2.05) is 0 Å². The van der Waals surface area contributed by atoms with Gasteiger partial charge in [-0.3, -0.25) is 0 Å². The van der Waals surface area contributed by atoms with Crippen LogP contribution in [0.15, 0.2) is 48.5 Å². The summed E-state index contributed by atoms with van der Waals surface area (Å²) in [6.45, 7) is 3.33. The highest BCUT2D eigenvalue weighted by atomic mass is 19.4. The van der Waals surface area contributed by atoms with E-state index in [0.717, 1.165) is 0 Å². The van der Waals surface area contributed by atoms with Crippen molar-refractivity contribution in [1.82, 2.24) is 0 Å². The molecule has 0 amide bonds. The summed E-state index contributed by atoms with van der Waals surface area (Å²) < 4.78 is 63.5. The molecule has 0 aliphatic carbocycles. The van der Waals surface area contributed by atoms with Crippen LogP contribution < -0.4 is 9.47 Å². The lowest BCUT2D eigenvalue weighted by molar-refractivity contribution is -0.173. The Kier molecular flexibility index (Phi) is 4.97. The third kappa shape index (κ3) is 4.10. The van der Waals surface area contributed by atoms with Crippen LogP contribution >= 0.6 is 0 Å². The normalized spacial score (nSPS) is 23.0. The second kappa shape index (κ2) is 7.29. The third-order valence-electron chi connectivity index (χ3n) is 5.11. The van der Waals surface area contributed by atoms with Crippen LogP contribution in [0.5, 0.6) is 11.5 Å². The van der Waals surface area contributed by atoms with Gasteiger partial charge in [-0.15, -0.1) is 0 Å². The van der Waals surface area contributed by atoms with Crippen LogP contribution in [0.25, 0.3) is 0 Å². The minimum atomic E-state index is -4.47. The van der Waals surface area contributed by atoms with Gasteiger partial charge in [0.2, 0.25) is 0 Å². The van der Waals surface area contributed by atoms with E-state index in [1.54, 1.807) is 24.3 Å². The summed E-state index contributed by atoms with van der Waals surface area (Å²) >= 11 is 0. The van der Waals surface area contributed by atoms with Crippen LogP contribution in [0.3, 0.4) is 0 Å². The Balaban J connectivity index is 1.54. The van der Waals surface area contributed by atoms with Gasteiger partial charge >= 0.3 is 6.18 Å². The lowest BCUT2D eigenvalue weighted by Crippen LogP contribution is -2.40. The standard InChI is InChI=1S/C21H21F3O4/c1-20(21(22,23)24,14-2-6-16(7-3-14)25-10-18-12-27-18)15-4-8-17(9-5-15)26-11-19-13-28-19/h2-9,18-19H,10-13H2,1H3. The van der Waals surface area contributed by atoms with Gasteiger partial charge < -0.3 is 18.9 Å². The average molecular weight is 394 g/mol. The Morgan fingerprint density at radius 3 is 1.43 bits per heavy atom. The Bertz CT molecular complexity index is 734. The molecule has 4 nitrogen and oxygen atoms in total. The molecule has 2 fully saturated rings. The zero-order valence-corrected chi connectivity index (χ0v) is 15.4. The van der Waals surface area contributed by atoms with E-state index >= 15 is 0 Å². The molecule has 150 valence electrons. The number of rotatable bonds is 8. The molecule has 0 aromatic heterocycles. The largest absolute Gasteiger partial charge is 0.491 e. The van der Waals surface area contributed by atoms with E-state index in [2.05, 4.69) is 0 Å². The van der Waals surface area contributed by atoms with Gasteiger partial charge in [-0.25, -0.2) is 0 Å². The van der Waals surface area contributed by atoms with E-state index in [1.165, 1.54) is 31.2 Å².